The zero-order valence-electron chi connectivity index (χ0n) is 63.3. The number of phenols is 1. The van der Waals surface area contributed by atoms with Crippen molar-refractivity contribution in [1.29, 1.82) is 0 Å². The van der Waals surface area contributed by atoms with E-state index >= 15 is 0 Å². The van der Waals surface area contributed by atoms with Crippen LogP contribution in [0.25, 0.3) is 90.7 Å². The summed E-state index contributed by atoms with van der Waals surface area (Å²) >= 11 is 50.3. The van der Waals surface area contributed by atoms with Crippen molar-refractivity contribution in [2.24, 2.45) is 10.9 Å². The number of alkyl halides is 10. The molecule has 6 N–H and O–H groups in total. The molecule has 14 rings (SSSR count). The molecule has 0 amide bonds. The molecule has 0 saturated heterocycles. The van der Waals surface area contributed by atoms with Gasteiger partial charge >= 0.3 is 121 Å². The number of nitrogens with two attached hydrogens (primary N) is 1. The van der Waals surface area contributed by atoms with Crippen LogP contribution in [0.2, 0.25) is 40.2 Å². The van der Waals surface area contributed by atoms with E-state index in [4.69, 9.17) is 158 Å². The Bertz CT molecular complexity index is 6190. The van der Waals surface area contributed by atoms with Gasteiger partial charge in [-0.3, -0.25) is 4.79 Å². The molecule has 5 aromatic carbocycles. The summed E-state index contributed by atoms with van der Waals surface area (Å²) in [6.07, 6.45) is -7.54. The monoisotopic (exact) mass is 2020 g/mol. The standard InChI is InChI=1S/C18H10Cl2F4N4O3.C17H8Cl2F4N4O2.C16H6Cl2F4N4O2.C8H8ClFN2O2.C8H5ClFNO.C2H5BrO.CH2O3.2K.H/c19-10-5-14(30-2-1-29)12(21)4-9(10)15-26-17(31-27-15)13-7-28-6-8(18(22,23)24)3-11(20)16(28)25-13;1-28-13-4-9(18)8(3-11(13)20)14-25-16(29-26-14)12-6-27-5-7(17(21,22)23)2-10(19)15(27)24-12;17-8-3-12(27)10(19)2-7(8)13-24-15(28-25-13)11-5-26-4-6(16(20,21)22)1-9(18)14(26)23-11;1-14-7-3-5(9)4(2-6(7)10)8(11)12-13;1-11-7-4-6(10)8(12-2)3-5(7)9;3-1-2-4;2-1-4-3;;;/h3-7,29H,1-2H2;2-6H,1H3;1-5,27H;2-3,13H,1H3,(H2,11,12);3-4H,2H3;4H,1-2H2;1,3H;;;/q;;;;;;;2*+1;-1/p-1. The van der Waals surface area contributed by atoms with Crippen LogP contribution >= 0.6 is 109 Å². The minimum atomic E-state index is -4.59. The smallest absolute Gasteiger partial charge is 1.00 e. The number of carbonyl (C=O) groups excluding carboxylic acids is 1. The summed E-state index contributed by atoms with van der Waals surface area (Å²) in [5.41, 5.74) is 3.27. The zero-order chi connectivity index (χ0) is 90.2. The van der Waals surface area contributed by atoms with Gasteiger partial charge in [0.2, 0.25) is 23.2 Å². The molecule has 9 aromatic heterocycles. The van der Waals surface area contributed by atoms with E-state index < -0.39 is 70.1 Å². The number of hydrogen-bond acceptors (Lipinski definition) is 24. The molecule has 0 radical (unpaired) electrons. The number of pyridine rings is 3. The molecule has 0 saturated carbocycles. The number of aliphatic hydroxyl groups is 2. The third kappa shape index (κ3) is 26.7. The fourth-order valence-electron chi connectivity index (χ4n) is 9.48. The first-order chi connectivity index (χ1) is 57.6. The van der Waals surface area contributed by atoms with Crippen LogP contribution in [0, 0.1) is 35.7 Å². The van der Waals surface area contributed by atoms with Crippen molar-refractivity contribution in [3.8, 4) is 97.7 Å². The number of phenolic OH excluding ortho intramolecular Hbond substituents is 1. The summed E-state index contributed by atoms with van der Waals surface area (Å²) in [5.74, 6) is -5.27. The number of rotatable bonds is 15. The van der Waals surface area contributed by atoms with E-state index in [-0.39, 0.29) is 297 Å². The van der Waals surface area contributed by atoms with Gasteiger partial charge in [0.15, 0.2) is 80.6 Å². The SMILES string of the molecule is COc1cc(Cl)c(-c2noc(-c3cn4cc(C(F)(F)F)cc(Cl)c4n3)n2)cc1F.COc1cc(Cl)c(/C(N)=N/O)cc1F.O=CO[O-].OCCBr.OCCOc1cc(Cl)c(-c2noc(-c3cn4cc(C(F)(F)F)cc(Cl)c4n3)n2)cc1F.Oc1cc(Cl)c(-c2noc(-c3cn4cc(C(F)(F)F)cc(Cl)c4n3)n2)cc1F.[C-]#[N+]c1cc(F)c(OC)cc1Cl.[H-].[K+].[K+]. The first kappa shape index (κ1) is 105. The Balaban J connectivity index is 0.000000279. The van der Waals surface area contributed by atoms with E-state index in [1.165, 1.54) is 64.2 Å². The van der Waals surface area contributed by atoms with Crippen LogP contribution in [0.4, 0.5) is 67.2 Å². The molecule has 54 heteroatoms. The number of aromatic hydroxyl groups is 1. The van der Waals surface area contributed by atoms with Crippen molar-refractivity contribution in [2.45, 2.75) is 18.5 Å². The number of benzene rings is 5. The Morgan fingerprint density at radius 2 is 0.839 bits per heavy atom. The fourth-order valence-corrected chi connectivity index (χ4v) is 11.4. The Labute approximate surface area is 819 Å². The number of imidazole rings is 3. The fraction of sp³-hybridized carbons (Fsp3) is 0.143. The van der Waals surface area contributed by atoms with E-state index in [2.05, 4.69) is 80.9 Å². The number of carbonyl (C=O) groups is 1. The number of methoxy groups -OCH3 is 3. The van der Waals surface area contributed by atoms with E-state index in [1.54, 1.807) is 0 Å². The molecular formula is C70H44BrCl8F14K2N15O14. The first-order valence-electron chi connectivity index (χ1n) is 32.1. The topological polar surface area (TPSA) is 379 Å². The van der Waals surface area contributed by atoms with Crippen molar-refractivity contribution >= 4 is 144 Å². The Morgan fingerprint density at radius 3 is 1.17 bits per heavy atom. The molecule has 9 heterocycles. The van der Waals surface area contributed by atoms with E-state index in [0.29, 0.717) is 5.33 Å². The van der Waals surface area contributed by atoms with E-state index in [0.717, 1.165) is 86.4 Å². The van der Waals surface area contributed by atoms with E-state index in [1.807, 2.05) is 0 Å². The molecule has 0 unspecified atom stereocenters. The van der Waals surface area contributed by atoms with Gasteiger partial charge in [-0.15, -0.1) is 0 Å². The average Bonchev–Trinajstić information content (AvgIpc) is 1.64. The van der Waals surface area contributed by atoms with Gasteiger partial charge in [0.05, 0.1) is 98.0 Å². The van der Waals surface area contributed by atoms with Crippen LogP contribution in [0.1, 0.15) is 23.7 Å². The minimum Gasteiger partial charge on any atom is -1.00 e. The number of halogens is 23. The molecule has 0 atom stereocenters. The number of aliphatic hydroxyl groups excluding tert-OH is 2. The molecule has 0 fully saturated rings. The van der Waals surface area contributed by atoms with Gasteiger partial charge in [-0.25, -0.2) is 41.7 Å². The van der Waals surface area contributed by atoms with Crippen LogP contribution < -0.4 is 133 Å². The van der Waals surface area contributed by atoms with Gasteiger partial charge in [0.1, 0.15) is 23.7 Å². The summed E-state index contributed by atoms with van der Waals surface area (Å²) in [6.45, 7) is 6.27. The van der Waals surface area contributed by atoms with E-state index in [9.17, 15) is 66.6 Å². The first-order valence-corrected chi connectivity index (χ1v) is 36.3. The maximum atomic E-state index is 14.2. The van der Waals surface area contributed by atoms with Gasteiger partial charge in [0.25, 0.3) is 24.1 Å². The van der Waals surface area contributed by atoms with Gasteiger partial charge in [-0.2, -0.15) is 54.5 Å². The van der Waals surface area contributed by atoms with Crippen molar-refractivity contribution in [3.63, 3.8) is 0 Å². The molecule has 0 aliphatic heterocycles. The van der Waals surface area contributed by atoms with Gasteiger partial charge in [-0.05, 0) is 54.6 Å². The molecule has 0 spiro atoms. The largest absolute Gasteiger partial charge is 1.00 e. The number of amidine groups is 1. The second-order valence-electron chi connectivity index (χ2n) is 22.8. The number of nitrogens with zero attached hydrogens (tertiary/aromatic N) is 14. The quantitative estimate of drug-likeness (QED) is 0.00608. The molecule has 0 aliphatic carbocycles. The van der Waals surface area contributed by atoms with Crippen LogP contribution in [-0.4, -0.2) is 138 Å². The van der Waals surface area contributed by atoms with Gasteiger partial charge < -0.3 is 83.6 Å². The third-order valence-electron chi connectivity index (χ3n) is 14.9. The van der Waals surface area contributed by atoms with Crippen molar-refractivity contribution < 1.29 is 234 Å². The van der Waals surface area contributed by atoms with Crippen LogP contribution in [-0.2, 0) is 28.2 Å². The maximum Gasteiger partial charge on any atom is 1.00 e. The molecule has 14 aromatic rings. The molecular weight excluding hydrogens is 1980 g/mol. The van der Waals surface area contributed by atoms with Crippen molar-refractivity contribution in [3.05, 3.63) is 219 Å². The summed E-state index contributed by atoms with van der Waals surface area (Å²) in [5, 5.41) is 57.1. The average molecular weight is 2030 g/mol. The molecule has 0 aliphatic rings. The predicted octanol–water partition coefficient (Wildman–Crippen LogP) is 13.2. The Hall–Kier alpha value is -8.21. The molecule has 124 heavy (non-hydrogen) atoms. The number of ether oxygens (including phenoxy) is 4. The van der Waals surface area contributed by atoms with Crippen molar-refractivity contribution in [1.82, 2.24) is 58.6 Å². The van der Waals surface area contributed by atoms with Gasteiger partial charge in [0, 0.05) is 89.0 Å². The summed E-state index contributed by atoms with van der Waals surface area (Å²) in [4.78, 5) is 38.8. The Morgan fingerprint density at radius 1 is 0.516 bits per heavy atom. The summed E-state index contributed by atoms with van der Waals surface area (Å²) in [6, 6.07) is 13.4. The maximum absolute atomic E-state index is 14.2. The zero-order valence-corrected chi connectivity index (χ0v) is 76.2. The summed E-state index contributed by atoms with van der Waals surface area (Å²) in [7, 11) is 3.95. The number of hydrogen-bond donors (Lipinski definition) is 5. The second kappa shape index (κ2) is 46.5. The second-order valence-corrected chi connectivity index (χ2v) is 26.8. The minimum absolute atomic E-state index is 0. The number of fused-ring (bicyclic) bond motifs is 3. The molecule has 29 nitrogen and oxygen atoms in total. The third-order valence-corrected chi connectivity index (χ3v) is 17.6. The van der Waals surface area contributed by atoms with Crippen LogP contribution in [0.3, 0.4) is 0 Å². The van der Waals surface area contributed by atoms with Crippen LogP contribution in [0.15, 0.2) is 135 Å². The summed E-state index contributed by atoms with van der Waals surface area (Å²) < 4.78 is 222. The number of aromatic nitrogens is 12. The Kier molecular flexibility index (Phi) is 39.2. The normalized spacial score (nSPS) is 11.1. The molecule has 0 bridgehead atoms. The van der Waals surface area contributed by atoms with Crippen molar-refractivity contribution in [2.75, 3.05) is 46.5 Å². The predicted molar refractivity (Wildman–Crippen MR) is 411 cm³/mol. The number of oxime groups is 1. The van der Waals surface area contributed by atoms with Gasteiger partial charge in [-0.1, -0.05) is 129 Å². The van der Waals surface area contributed by atoms with Crippen LogP contribution in [0.5, 0.6) is 28.7 Å². The molecule has 646 valence electrons.